The highest BCUT2D eigenvalue weighted by atomic mass is 32.2. The van der Waals surface area contributed by atoms with Crippen LogP contribution in [0.1, 0.15) is 5.56 Å². The smallest absolute Gasteiger partial charge is 0.242 e. The van der Waals surface area contributed by atoms with E-state index >= 15 is 0 Å². The zero-order valence-corrected chi connectivity index (χ0v) is 16.0. The molecule has 0 aromatic heterocycles. The van der Waals surface area contributed by atoms with E-state index in [1.54, 1.807) is 25.3 Å². The molecule has 0 saturated heterocycles. The van der Waals surface area contributed by atoms with Gasteiger partial charge in [0.1, 0.15) is 11.5 Å². The Morgan fingerprint density at radius 3 is 2.42 bits per heavy atom. The van der Waals surface area contributed by atoms with Crippen molar-refractivity contribution in [2.75, 3.05) is 33.6 Å². The van der Waals surface area contributed by atoms with Crippen LogP contribution in [0.25, 0.3) is 0 Å². The summed E-state index contributed by atoms with van der Waals surface area (Å²) in [6, 6.07) is 11.5. The van der Waals surface area contributed by atoms with Crippen LogP contribution >= 0.6 is 0 Å². The van der Waals surface area contributed by atoms with E-state index in [1.807, 2.05) is 6.07 Å². The van der Waals surface area contributed by atoms with Gasteiger partial charge in [0.05, 0.1) is 31.2 Å². The van der Waals surface area contributed by atoms with E-state index in [-0.39, 0.29) is 17.2 Å². The molecule has 0 aliphatic rings. The number of anilines is 1. The second-order valence-electron chi connectivity index (χ2n) is 5.73. The number of nitrogens with one attached hydrogen (secondary N) is 1. The fourth-order valence-electron chi connectivity index (χ4n) is 2.32. The van der Waals surface area contributed by atoms with Gasteiger partial charge in [0.2, 0.25) is 15.9 Å². The summed E-state index contributed by atoms with van der Waals surface area (Å²) in [6.07, 6.45) is 0.116. The Hall–Kier alpha value is -2.58. The number of ether oxygens (including phenoxy) is 2. The highest BCUT2D eigenvalue weighted by Crippen LogP contribution is 2.28. The van der Waals surface area contributed by atoms with E-state index in [1.165, 1.54) is 39.4 Å². The van der Waals surface area contributed by atoms with E-state index in [2.05, 4.69) is 5.32 Å². The number of carbonyl (C=O) groups excluding carboxylic acids is 1. The van der Waals surface area contributed by atoms with Crippen molar-refractivity contribution in [3.05, 3.63) is 48.0 Å². The van der Waals surface area contributed by atoms with Gasteiger partial charge in [0.15, 0.2) is 0 Å². The van der Waals surface area contributed by atoms with Gasteiger partial charge in [-0.15, -0.1) is 0 Å². The van der Waals surface area contributed by atoms with Crippen molar-refractivity contribution in [1.29, 1.82) is 0 Å². The average molecular weight is 378 g/mol. The first kappa shape index (κ1) is 19.7. The molecule has 0 aliphatic carbocycles. The second-order valence-corrected chi connectivity index (χ2v) is 7.88. The molecule has 0 saturated carbocycles. The number of methoxy groups -OCH3 is 2. The van der Waals surface area contributed by atoms with E-state index in [0.29, 0.717) is 17.2 Å². The SMILES string of the molecule is COc1cccc(CC(=O)Nc2cc(S(=O)(=O)N(C)C)ccc2OC)c1. The molecule has 0 unspecified atom stereocenters. The molecule has 0 radical (unpaired) electrons. The second kappa shape index (κ2) is 8.20. The number of hydrogen-bond donors (Lipinski definition) is 1. The van der Waals surface area contributed by atoms with Crippen molar-refractivity contribution in [3.63, 3.8) is 0 Å². The molecule has 0 atom stereocenters. The maximum Gasteiger partial charge on any atom is 0.242 e. The van der Waals surface area contributed by atoms with Crippen molar-refractivity contribution in [2.45, 2.75) is 11.3 Å². The summed E-state index contributed by atoms with van der Waals surface area (Å²) in [5.74, 6) is 0.740. The molecule has 8 heteroatoms. The highest BCUT2D eigenvalue weighted by Gasteiger charge is 2.20. The third kappa shape index (κ3) is 4.53. The fraction of sp³-hybridized carbons (Fsp3) is 0.278. The predicted molar refractivity (Wildman–Crippen MR) is 99.2 cm³/mol. The monoisotopic (exact) mass is 378 g/mol. The van der Waals surface area contributed by atoms with Gasteiger partial charge in [-0.1, -0.05) is 12.1 Å². The van der Waals surface area contributed by atoms with Crippen LogP contribution in [0.2, 0.25) is 0 Å². The number of sulfonamides is 1. The highest BCUT2D eigenvalue weighted by molar-refractivity contribution is 7.89. The van der Waals surface area contributed by atoms with Gasteiger partial charge >= 0.3 is 0 Å². The van der Waals surface area contributed by atoms with Gasteiger partial charge < -0.3 is 14.8 Å². The van der Waals surface area contributed by atoms with Crippen LogP contribution in [-0.4, -0.2) is 46.9 Å². The lowest BCUT2D eigenvalue weighted by atomic mass is 10.1. The van der Waals surface area contributed by atoms with Gasteiger partial charge in [-0.3, -0.25) is 4.79 Å². The molecule has 1 N–H and O–H groups in total. The number of amides is 1. The Kier molecular flexibility index (Phi) is 6.23. The quantitative estimate of drug-likeness (QED) is 0.798. The number of nitrogens with zero attached hydrogens (tertiary/aromatic N) is 1. The number of benzene rings is 2. The summed E-state index contributed by atoms with van der Waals surface area (Å²) in [7, 11) is 2.28. The lowest BCUT2D eigenvalue weighted by Crippen LogP contribution is -2.22. The van der Waals surface area contributed by atoms with Crippen molar-refractivity contribution >= 4 is 21.6 Å². The Morgan fingerprint density at radius 1 is 1.08 bits per heavy atom. The molecule has 2 aromatic rings. The number of carbonyl (C=O) groups is 1. The standard InChI is InChI=1S/C18H22N2O5S/c1-20(2)26(22,23)15-8-9-17(25-4)16(12-15)19-18(21)11-13-6-5-7-14(10-13)24-3/h5-10,12H,11H2,1-4H3,(H,19,21). The topological polar surface area (TPSA) is 84.9 Å². The van der Waals surface area contributed by atoms with Gasteiger partial charge in [0.25, 0.3) is 0 Å². The molecular formula is C18H22N2O5S. The van der Waals surface area contributed by atoms with Gasteiger partial charge in [0, 0.05) is 14.1 Å². The minimum Gasteiger partial charge on any atom is -0.497 e. The Labute approximate surface area is 153 Å². The first-order valence-electron chi connectivity index (χ1n) is 7.81. The lowest BCUT2D eigenvalue weighted by molar-refractivity contribution is -0.115. The Bertz CT molecular complexity index is 894. The maximum atomic E-state index is 12.4. The summed E-state index contributed by atoms with van der Waals surface area (Å²) in [4.78, 5) is 12.4. The summed E-state index contributed by atoms with van der Waals surface area (Å²) < 4.78 is 36.0. The van der Waals surface area contributed by atoms with Crippen molar-refractivity contribution < 1.29 is 22.7 Å². The van der Waals surface area contributed by atoms with Crippen LogP contribution in [-0.2, 0) is 21.2 Å². The first-order valence-corrected chi connectivity index (χ1v) is 9.25. The van der Waals surface area contributed by atoms with Crippen LogP contribution in [0.15, 0.2) is 47.4 Å². The number of rotatable bonds is 7. The van der Waals surface area contributed by atoms with Crippen LogP contribution in [0.3, 0.4) is 0 Å². The molecule has 0 fully saturated rings. The summed E-state index contributed by atoms with van der Waals surface area (Å²) in [5, 5.41) is 2.71. The van der Waals surface area contributed by atoms with Crippen LogP contribution in [0, 0.1) is 0 Å². The van der Waals surface area contributed by atoms with Gasteiger partial charge in [-0.05, 0) is 35.9 Å². The normalized spacial score (nSPS) is 11.3. The van der Waals surface area contributed by atoms with Crippen LogP contribution in [0.5, 0.6) is 11.5 Å². The third-order valence-corrected chi connectivity index (χ3v) is 5.53. The summed E-state index contributed by atoms with van der Waals surface area (Å²) in [5.41, 5.74) is 1.07. The van der Waals surface area contributed by atoms with Crippen molar-refractivity contribution in [3.8, 4) is 11.5 Å². The van der Waals surface area contributed by atoms with E-state index < -0.39 is 10.0 Å². The predicted octanol–water partition coefficient (Wildman–Crippen LogP) is 2.14. The van der Waals surface area contributed by atoms with E-state index in [0.717, 1.165) is 9.87 Å². The van der Waals surface area contributed by atoms with Gasteiger partial charge in [-0.25, -0.2) is 12.7 Å². The molecule has 7 nitrogen and oxygen atoms in total. The lowest BCUT2D eigenvalue weighted by Gasteiger charge is -2.15. The third-order valence-electron chi connectivity index (χ3n) is 3.72. The maximum absolute atomic E-state index is 12.4. The van der Waals surface area contributed by atoms with E-state index in [9.17, 15) is 13.2 Å². The molecule has 2 rings (SSSR count). The zero-order chi connectivity index (χ0) is 19.3. The fourth-order valence-corrected chi connectivity index (χ4v) is 3.25. The molecule has 0 bridgehead atoms. The molecule has 0 spiro atoms. The summed E-state index contributed by atoms with van der Waals surface area (Å²) in [6.45, 7) is 0. The average Bonchev–Trinajstić information content (AvgIpc) is 2.61. The van der Waals surface area contributed by atoms with Gasteiger partial charge in [-0.2, -0.15) is 0 Å². The first-order chi connectivity index (χ1) is 12.3. The molecule has 26 heavy (non-hydrogen) atoms. The van der Waals surface area contributed by atoms with Crippen molar-refractivity contribution in [2.24, 2.45) is 0 Å². The molecule has 2 aromatic carbocycles. The molecular weight excluding hydrogens is 356 g/mol. The Balaban J connectivity index is 2.25. The molecule has 0 aliphatic heterocycles. The zero-order valence-electron chi connectivity index (χ0n) is 15.1. The molecule has 0 heterocycles. The van der Waals surface area contributed by atoms with E-state index in [4.69, 9.17) is 9.47 Å². The molecule has 140 valence electrons. The minimum atomic E-state index is -3.62. The Morgan fingerprint density at radius 2 is 1.81 bits per heavy atom. The largest absolute Gasteiger partial charge is 0.497 e. The summed E-state index contributed by atoms with van der Waals surface area (Å²) >= 11 is 0. The van der Waals surface area contributed by atoms with Crippen LogP contribution < -0.4 is 14.8 Å². The van der Waals surface area contributed by atoms with Crippen molar-refractivity contribution in [1.82, 2.24) is 4.31 Å². The molecule has 1 amide bonds. The number of hydrogen-bond acceptors (Lipinski definition) is 5. The minimum absolute atomic E-state index is 0.0694. The van der Waals surface area contributed by atoms with Crippen LogP contribution in [0.4, 0.5) is 5.69 Å².